The summed E-state index contributed by atoms with van der Waals surface area (Å²) in [4.78, 5) is 31.9. The van der Waals surface area contributed by atoms with E-state index in [1.54, 1.807) is 19.0 Å². The van der Waals surface area contributed by atoms with E-state index in [1.165, 1.54) is 0 Å². The Morgan fingerprint density at radius 3 is 2.38 bits per heavy atom. The normalized spacial score (nSPS) is 14.0. The maximum atomic E-state index is 12.0. The van der Waals surface area contributed by atoms with E-state index < -0.39 is 0 Å². The van der Waals surface area contributed by atoms with Gasteiger partial charge in [-0.25, -0.2) is 4.99 Å². The number of hydrogen-bond donors (Lipinski definition) is 3. The number of nitrogens with one attached hydrogen (secondary N) is 3. The van der Waals surface area contributed by atoms with Crippen LogP contribution in [0.2, 0.25) is 0 Å². The second-order valence-corrected chi connectivity index (χ2v) is 7.88. The number of amides is 2. The Balaban J connectivity index is 1.56. The van der Waals surface area contributed by atoms with Crippen LogP contribution in [0, 0.1) is 0 Å². The molecule has 8 heteroatoms. The monoisotopic (exact) mass is 436 g/mol. The van der Waals surface area contributed by atoms with Gasteiger partial charge in [0.05, 0.1) is 13.1 Å². The largest absolute Gasteiger partial charge is 0.360 e. The summed E-state index contributed by atoms with van der Waals surface area (Å²) < 4.78 is 0. The summed E-state index contributed by atoms with van der Waals surface area (Å²) >= 11 is 0. The van der Waals surface area contributed by atoms with Crippen LogP contribution in [0.5, 0.6) is 0 Å². The minimum Gasteiger partial charge on any atom is -0.360 e. The number of benzene rings is 2. The summed E-state index contributed by atoms with van der Waals surface area (Å²) in [5.41, 5.74) is 3.89. The first-order valence-electron chi connectivity index (χ1n) is 10.9. The number of carbonyl (C=O) groups is 2. The van der Waals surface area contributed by atoms with Crippen LogP contribution >= 0.6 is 0 Å². The van der Waals surface area contributed by atoms with Gasteiger partial charge in [0.1, 0.15) is 0 Å². The fourth-order valence-electron chi connectivity index (χ4n) is 3.39. The average molecular weight is 437 g/mol. The first kappa shape index (κ1) is 23.1. The average Bonchev–Trinajstić information content (AvgIpc) is 2.81. The van der Waals surface area contributed by atoms with Crippen LogP contribution in [-0.2, 0) is 17.9 Å². The molecule has 1 fully saturated rings. The second-order valence-electron chi connectivity index (χ2n) is 7.88. The molecule has 0 unspecified atom stereocenters. The van der Waals surface area contributed by atoms with E-state index in [4.69, 9.17) is 0 Å². The summed E-state index contributed by atoms with van der Waals surface area (Å²) in [5.74, 6) is 0.789. The number of aliphatic imine (C=N–C) groups is 1. The molecule has 2 aromatic rings. The molecule has 32 heavy (non-hydrogen) atoms. The predicted molar refractivity (Wildman–Crippen MR) is 128 cm³/mol. The molecular formula is C24H32N6O2. The van der Waals surface area contributed by atoms with Gasteiger partial charge in [0.25, 0.3) is 5.91 Å². The molecular weight excluding hydrogens is 404 g/mol. The van der Waals surface area contributed by atoms with Gasteiger partial charge in [0.2, 0.25) is 5.91 Å². The molecule has 1 heterocycles. The van der Waals surface area contributed by atoms with Crippen LogP contribution in [0.4, 0.5) is 5.69 Å². The first-order chi connectivity index (χ1) is 15.5. The van der Waals surface area contributed by atoms with Crippen LogP contribution in [0.15, 0.2) is 53.5 Å². The fraction of sp³-hybridized carbons (Fsp3) is 0.375. The summed E-state index contributed by atoms with van der Waals surface area (Å²) in [7, 11) is 3.49. The lowest BCUT2D eigenvalue weighted by molar-refractivity contribution is -0.120. The number of piperazine rings is 1. The maximum Gasteiger partial charge on any atom is 0.253 e. The quantitative estimate of drug-likeness (QED) is 0.453. The molecule has 0 saturated carbocycles. The minimum atomic E-state index is -0.00557. The molecule has 0 radical (unpaired) electrons. The molecule has 0 aliphatic carbocycles. The number of carbonyl (C=O) groups excluding carboxylic acids is 2. The predicted octanol–water partition coefficient (Wildman–Crippen LogP) is 1.58. The van der Waals surface area contributed by atoms with E-state index in [2.05, 4.69) is 38.0 Å². The third-order valence-corrected chi connectivity index (χ3v) is 5.17. The molecule has 3 N–H and O–H groups in total. The van der Waals surface area contributed by atoms with E-state index in [-0.39, 0.29) is 11.8 Å². The van der Waals surface area contributed by atoms with Crippen LogP contribution in [0.3, 0.4) is 0 Å². The van der Waals surface area contributed by atoms with Gasteiger partial charge in [0.15, 0.2) is 5.96 Å². The summed E-state index contributed by atoms with van der Waals surface area (Å²) in [5, 5.41) is 9.44. The number of rotatable bonds is 7. The Morgan fingerprint density at radius 2 is 1.75 bits per heavy atom. The van der Waals surface area contributed by atoms with Gasteiger partial charge >= 0.3 is 0 Å². The maximum absolute atomic E-state index is 12.0. The van der Waals surface area contributed by atoms with Gasteiger partial charge in [-0.2, -0.15) is 0 Å². The van der Waals surface area contributed by atoms with E-state index >= 15 is 0 Å². The highest BCUT2D eigenvalue weighted by molar-refractivity contribution is 5.93. The van der Waals surface area contributed by atoms with Crippen molar-refractivity contribution in [1.29, 1.82) is 0 Å². The van der Waals surface area contributed by atoms with Gasteiger partial charge in [-0.05, 0) is 42.3 Å². The minimum absolute atomic E-state index is 0.00557. The van der Waals surface area contributed by atoms with Crippen LogP contribution in [0.25, 0.3) is 0 Å². The molecule has 170 valence electrons. The summed E-state index contributed by atoms with van der Waals surface area (Å²) in [6, 6.07) is 15.8. The molecule has 1 aliphatic heterocycles. The molecule has 1 aliphatic rings. The van der Waals surface area contributed by atoms with Crippen molar-refractivity contribution in [2.75, 3.05) is 45.2 Å². The van der Waals surface area contributed by atoms with E-state index in [9.17, 15) is 9.59 Å². The zero-order valence-electron chi connectivity index (χ0n) is 19.0. The SMILES string of the molecule is CCNC(=NCc1ccc(N2CCNC(=O)C2)cc1)NCc1ccc(C(=O)N(C)C)cc1. The van der Waals surface area contributed by atoms with Gasteiger partial charge in [-0.3, -0.25) is 9.59 Å². The third-order valence-electron chi connectivity index (χ3n) is 5.17. The Morgan fingerprint density at radius 1 is 1.06 bits per heavy atom. The van der Waals surface area contributed by atoms with Crippen molar-refractivity contribution in [3.8, 4) is 0 Å². The molecule has 0 bridgehead atoms. The summed E-state index contributed by atoms with van der Waals surface area (Å²) in [6.45, 7) is 5.85. The van der Waals surface area contributed by atoms with Crippen LogP contribution < -0.4 is 20.9 Å². The van der Waals surface area contributed by atoms with E-state index in [1.807, 2.05) is 43.3 Å². The number of guanidine groups is 1. The zero-order valence-corrected chi connectivity index (χ0v) is 19.0. The topological polar surface area (TPSA) is 89.1 Å². The van der Waals surface area contributed by atoms with Crippen molar-refractivity contribution in [2.45, 2.75) is 20.0 Å². The highest BCUT2D eigenvalue weighted by Gasteiger charge is 2.16. The van der Waals surface area contributed by atoms with Crippen molar-refractivity contribution >= 4 is 23.5 Å². The van der Waals surface area contributed by atoms with Crippen LogP contribution in [0.1, 0.15) is 28.4 Å². The third kappa shape index (κ3) is 6.47. The molecule has 0 atom stereocenters. The lowest BCUT2D eigenvalue weighted by Crippen LogP contribution is -2.47. The van der Waals surface area contributed by atoms with Crippen molar-refractivity contribution in [3.05, 3.63) is 65.2 Å². The van der Waals surface area contributed by atoms with Crippen molar-refractivity contribution in [2.24, 2.45) is 4.99 Å². The van der Waals surface area contributed by atoms with Crippen molar-refractivity contribution in [1.82, 2.24) is 20.9 Å². The van der Waals surface area contributed by atoms with Crippen LogP contribution in [-0.4, -0.2) is 62.9 Å². The molecule has 8 nitrogen and oxygen atoms in total. The van der Waals surface area contributed by atoms with Gasteiger partial charge in [-0.15, -0.1) is 0 Å². The number of hydrogen-bond acceptors (Lipinski definition) is 4. The Bertz CT molecular complexity index is 938. The lowest BCUT2D eigenvalue weighted by atomic mass is 10.1. The van der Waals surface area contributed by atoms with Gasteiger partial charge in [0, 0.05) is 51.5 Å². The zero-order chi connectivity index (χ0) is 22.9. The molecule has 0 spiro atoms. The van der Waals surface area contributed by atoms with Gasteiger partial charge < -0.3 is 25.8 Å². The molecule has 1 saturated heterocycles. The van der Waals surface area contributed by atoms with E-state index in [0.29, 0.717) is 31.7 Å². The lowest BCUT2D eigenvalue weighted by Gasteiger charge is -2.28. The molecule has 0 aromatic heterocycles. The number of nitrogens with zero attached hydrogens (tertiary/aromatic N) is 3. The molecule has 2 aromatic carbocycles. The highest BCUT2D eigenvalue weighted by Crippen LogP contribution is 2.16. The molecule has 3 rings (SSSR count). The van der Waals surface area contributed by atoms with E-state index in [0.717, 1.165) is 35.9 Å². The highest BCUT2D eigenvalue weighted by atomic mass is 16.2. The van der Waals surface area contributed by atoms with Crippen molar-refractivity contribution in [3.63, 3.8) is 0 Å². The second kappa shape index (κ2) is 11.2. The Kier molecular flexibility index (Phi) is 8.08. The fourth-order valence-corrected chi connectivity index (χ4v) is 3.39. The molecule has 2 amide bonds. The smallest absolute Gasteiger partial charge is 0.253 e. The van der Waals surface area contributed by atoms with Gasteiger partial charge in [-0.1, -0.05) is 24.3 Å². The Hall–Kier alpha value is -3.55. The Labute approximate surface area is 189 Å². The number of anilines is 1. The standard InChI is InChI=1S/C24H32N6O2/c1-4-25-24(27-15-18-5-9-20(10-6-18)23(32)29(2)3)28-16-19-7-11-21(12-8-19)30-14-13-26-22(31)17-30/h5-12H,4,13-17H2,1-3H3,(H,26,31)(H2,25,27,28). The first-order valence-corrected chi connectivity index (χ1v) is 10.9. The summed E-state index contributed by atoms with van der Waals surface area (Å²) in [6.07, 6.45) is 0. The van der Waals surface area contributed by atoms with Crippen molar-refractivity contribution < 1.29 is 9.59 Å².